The lowest BCUT2D eigenvalue weighted by Gasteiger charge is -2.34. The minimum atomic E-state index is -3.70. The van der Waals surface area contributed by atoms with Gasteiger partial charge in [0, 0.05) is 19.0 Å². The van der Waals surface area contributed by atoms with Gasteiger partial charge >= 0.3 is 0 Å². The molecule has 1 atom stereocenters. The highest BCUT2D eigenvalue weighted by Crippen LogP contribution is 2.29. The fourth-order valence-electron chi connectivity index (χ4n) is 3.64. The number of piperidine rings is 1. The Hall–Kier alpha value is -2.58. The smallest absolute Gasteiger partial charge is 0.243 e. The van der Waals surface area contributed by atoms with E-state index in [1.54, 1.807) is 24.3 Å². The summed E-state index contributed by atoms with van der Waals surface area (Å²) >= 11 is 0. The molecule has 8 heteroatoms. The van der Waals surface area contributed by atoms with Crippen LogP contribution in [0.4, 0.5) is 5.69 Å². The average Bonchev–Trinajstić information content (AvgIpc) is 2.75. The molecule has 1 aliphatic rings. The van der Waals surface area contributed by atoms with Gasteiger partial charge in [0.1, 0.15) is 11.5 Å². The van der Waals surface area contributed by atoms with Crippen LogP contribution in [-0.2, 0) is 14.8 Å². The minimum absolute atomic E-state index is 0.0931. The van der Waals surface area contributed by atoms with Crippen LogP contribution in [0.1, 0.15) is 32.6 Å². The van der Waals surface area contributed by atoms with Crippen molar-refractivity contribution in [2.45, 2.75) is 43.5 Å². The van der Waals surface area contributed by atoms with Crippen LogP contribution in [0.3, 0.4) is 0 Å². The number of hydrogen-bond acceptors (Lipinski definition) is 5. The number of carbonyl (C=O) groups excluding carboxylic acids is 1. The van der Waals surface area contributed by atoms with E-state index in [2.05, 4.69) is 5.32 Å². The summed E-state index contributed by atoms with van der Waals surface area (Å²) in [5.74, 6) is 0.958. The van der Waals surface area contributed by atoms with Crippen molar-refractivity contribution < 1.29 is 22.7 Å². The van der Waals surface area contributed by atoms with Crippen LogP contribution < -0.4 is 14.8 Å². The highest BCUT2D eigenvalue weighted by molar-refractivity contribution is 7.89. The second kappa shape index (κ2) is 9.95. The van der Waals surface area contributed by atoms with Crippen LogP contribution in [0.15, 0.2) is 53.4 Å². The molecule has 0 aliphatic carbocycles. The number of sulfonamides is 1. The standard InChI is InChI=1S/C22H28N2O5S/c1-3-29-21-10-5-4-9-20(21)23-22(25)16-17-8-6-7-15-24(17)30(26,27)19-13-11-18(28-2)12-14-19/h4-5,9-14,17H,3,6-8,15-16H2,1-2H3,(H,23,25)/t17-/m0/s1. The molecule has 1 aliphatic heterocycles. The zero-order valence-electron chi connectivity index (χ0n) is 17.3. The van der Waals surface area contributed by atoms with Gasteiger partial charge in [-0.3, -0.25) is 4.79 Å². The molecular weight excluding hydrogens is 404 g/mol. The van der Waals surface area contributed by atoms with E-state index in [1.807, 2.05) is 19.1 Å². The maximum atomic E-state index is 13.2. The highest BCUT2D eigenvalue weighted by atomic mass is 32.2. The Labute approximate surface area is 178 Å². The first-order valence-electron chi connectivity index (χ1n) is 10.1. The molecular formula is C22H28N2O5S. The Kier molecular flexibility index (Phi) is 7.33. The first-order valence-corrected chi connectivity index (χ1v) is 11.6. The van der Waals surface area contributed by atoms with E-state index in [-0.39, 0.29) is 23.3 Å². The second-order valence-corrected chi connectivity index (χ2v) is 9.01. The van der Waals surface area contributed by atoms with E-state index in [0.717, 1.165) is 12.8 Å². The van der Waals surface area contributed by atoms with Gasteiger partial charge in [0.05, 0.1) is 24.3 Å². The van der Waals surface area contributed by atoms with Crippen molar-refractivity contribution in [3.8, 4) is 11.5 Å². The summed E-state index contributed by atoms with van der Waals surface area (Å²) in [6, 6.07) is 13.2. The molecule has 30 heavy (non-hydrogen) atoms. The molecule has 7 nitrogen and oxygen atoms in total. The van der Waals surface area contributed by atoms with Gasteiger partial charge in [-0.15, -0.1) is 0 Å². The quantitative estimate of drug-likeness (QED) is 0.688. The number of benzene rings is 2. The third-order valence-electron chi connectivity index (χ3n) is 5.12. The van der Waals surface area contributed by atoms with E-state index >= 15 is 0 Å². The summed E-state index contributed by atoms with van der Waals surface area (Å²) in [4.78, 5) is 12.9. The minimum Gasteiger partial charge on any atom is -0.497 e. The maximum Gasteiger partial charge on any atom is 0.243 e. The van der Waals surface area contributed by atoms with Crippen molar-refractivity contribution in [2.24, 2.45) is 0 Å². The Morgan fingerprint density at radius 2 is 1.87 bits per heavy atom. The number of anilines is 1. The van der Waals surface area contributed by atoms with Crippen LogP contribution in [0.5, 0.6) is 11.5 Å². The van der Waals surface area contributed by atoms with E-state index in [9.17, 15) is 13.2 Å². The maximum absolute atomic E-state index is 13.2. The largest absolute Gasteiger partial charge is 0.497 e. The fourth-order valence-corrected chi connectivity index (χ4v) is 5.34. The molecule has 0 aromatic heterocycles. The average molecular weight is 433 g/mol. The molecule has 2 aromatic carbocycles. The molecule has 1 heterocycles. The van der Waals surface area contributed by atoms with Gasteiger partial charge in [-0.05, 0) is 56.2 Å². The molecule has 2 aromatic rings. The summed E-state index contributed by atoms with van der Waals surface area (Å²) in [6.07, 6.45) is 2.41. The summed E-state index contributed by atoms with van der Waals surface area (Å²) in [5.41, 5.74) is 0.588. The van der Waals surface area contributed by atoms with Crippen molar-refractivity contribution in [3.05, 3.63) is 48.5 Å². The lowest BCUT2D eigenvalue weighted by Crippen LogP contribution is -2.45. The molecule has 162 valence electrons. The van der Waals surface area contributed by atoms with Crippen LogP contribution >= 0.6 is 0 Å². The number of para-hydroxylation sites is 2. The molecule has 0 radical (unpaired) electrons. The summed E-state index contributed by atoms with van der Waals surface area (Å²) in [5, 5.41) is 2.87. The number of nitrogens with one attached hydrogen (secondary N) is 1. The monoisotopic (exact) mass is 432 g/mol. The summed E-state index contributed by atoms with van der Waals surface area (Å²) < 4.78 is 38.5. The molecule has 0 bridgehead atoms. The van der Waals surface area contributed by atoms with E-state index in [1.165, 1.54) is 23.5 Å². The normalized spacial score (nSPS) is 17.3. The molecule has 1 saturated heterocycles. The van der Waals surface area contributed by atoms with Crippen LogP contribution in [0, 0.1) is 0 Å². The predicted molar refractivity (Wildman–Crippen MR) is 115 cm³/mol. The SMILES string of the molecule is CCOc1ccccc1NC(=O)C[C@@H]1CCCCN1S(=O)(=O)c1ccc(OC)cc1. The summed E-state index contributed by atoms with van der Waals surface area (Å²) in [7, 11) is -2.16. The number of nitrogens with zero attached hydrogens (tertiary/aromatic N) is 1. The zero-order chi connectivity index (χ0) is 21.6. The van der Waals surface area contributed by atoms with Gasteiger partial charge in [-0.1, -0.05) is 18.6 Å². The first-order chi connectivity index (χ1) is 14.5. The van der Waals surface area contributed by atoms with Crippen molar-refractivity contribution in [3.63, 3.8) is 0 Å². The van der Waals surface area contributed by atoms with E-state index in [0.29, 0.717) is 36.8 Å². The zero-order valence-corrected chi connectivity index (χ0v) is 18.2. The van der Waals surface area contributed by atoms with Gasteiger partial charge in [0.2, 0.25) is 15.9 Å². The lowest BCUT2D eigenvalue weighted by molar-refractivity contribution is -0.117. The molecule has 1 amide bonds. The van der Waals surface area contributed by atoms with Crippen molar-refractivity contribution >= 4 is 21.6 Å². The van der Waals surface area contributed by atoms with Crippen LogP contribution in [-0.4, -0.2) is 44.9 Å². The van der Waals surface area contributed by atoms with Gasteiger partial charge < -0.3 is 14.8 Å². The molecule has 0 unspecified atom stereocenters. The number of carbonyl (C=O) groups is 1. The Morgan fingerprint density at radius 3 is 2.57 bits per heavy atom. The van der Waals surface area contributed by atoms with Crippen LogP contribution in [0.2, 0.25) is 0 Å². The van der Waals surface area contributed by atoms with E-state index < -0.39 is 10.0 Å². The van der Waals surface area contributed by atoms with Gasteiger partial charge in [-0.25, -0.2) is 8.42 Å². The van der Waals surface area contributed by atoms with Gasteiger partial charge in [0.15, 0.2) is 0 Å². The fraction of sp³-hybridized carbons (Fsp3) is 0.409. The van der Waals surface area contributed by atoms with Gasteiger partial charge in [0.25, 0.3) is 0 Å². The van der Waals surface area contributed by atoms with E-state index in [4.69, 9.17) is 9.47 Å². The second-order valence-electron chi connectivity index (χ2n) is 7.12. The molecule has 1 N–H and O–H groups in total. The van der Waals surface area contributed by atoms with Crippen LogP contribution in [0.25, 0.3) is 0 Å². The van der Waals surface area contributed by atoms with Crippen molar-refractivity contribution in [1.82, 2.24) is 4.31 Å². The molecule has 0 spiro atoms. The molecule has 1 fully saturated rings. The number of amides is 1. The number of rotatable bonds is 8. The Bertz CT molecular complexity index is 960. The third kappa shape index (κ3) is 5.12. The van der Waals surface area contributed by atoms with Crippen molar-refractivity contribution in [2.75, 3.05) is 25.6 Å². The lowest BCUT2D eigenvalue weighted by atomic mass is 10.0. The Balaban J connectivity index is 1.74. The molecule has 0 saturated carbocycles. The number of ether oxygens (including phenoxy) is 2. The molecule has 3 rings (SSSR count). The summed E-state index contributed by atoms with van der Waals surface area (Å²) in [6.45, 7) is 2.77. The highest BCUT2D eigenvalue weighted by Gasteiger charge is 2.34. The van der Waals surface area contributed by atoms with Crippen molar-refractivity contribution in [1.29, 1.82) is 0 Å². The predicted octanol–water partition coefficient (Wildman–Crippen LogP) is 3.67. The number of methoxy groups -OCH3 is 1. The van der Waals surface area contributed by atoms with Gasteiger partial charge in [-0.2, -0.15) is 4.31 Å². The topological polar surface area (TPSA) is 84.9 Å². The Morgan fingerprint density at radius 1 is 1.13 bits per heavy atom. The first kappa shape index (κ1) is 22.1. The number of hydrogen-bond donors (Lipinski definition) is 1. The third-order valence-corrected chi connectivity index (χ3v) is 7.09.